The first-order valence-corrected chi connectivity index (χ1v) is 6.34. The Morgan fingerprint density at radius 3 is 2.86 bits per heavy atom. The predicted molar refractivity (Wildman–Crippen MR) is 65.1 cm³/mol. The van der Waals surface area contributed by atoms with Crippen LogP contribution in [-0.4, -0.2) is 23.0 Å². The third kappa shape index (κ3) is 3.58. The van der Waals surface area contributed by atoms with Crippen LogP contribution in [-0.2, 0) is 0 Å². The summed E-state index contributed by atoms with van der Waals surface area (Å²) in [5.74, 6) is 2.12. The SMILES string of the molecule is CCC(CSC)Nc1cccc(C)n1. The molecule has 0 saturated heterocycles. The Hall–Kier alpha value is -0.700. The van der Waals surface area contributed by atoms with Gasteiger partial charge in [0.15, 0.2) is 0 Å². The van der Waals surface area contributed by atoms with Crippen LogP contribution >= 0.6 is 11.8 Å². The standard InChI is InChI=1S/C11H18N2S/c1-4-10(8-14-3)13-11-7-5-6-9(2)12-11/h5-7,10H,4,8H2,1-3H3,(H,12,13). The second kappa shape index (κ2) is 5.91. The quantitative estimate of drug-likeness (QED) is 0.809. The third-order valence-electron chi connectivity index (χ3n) is 2.10. The molecule has 0 aliphatic rings. The molecule has 1 N–H and O–H groups in total. The van der Waals surface area contributed by atoms with Gasteiger partial charge in [-0.15, -0.1) is 0 Å². The summed E-state index contributed by atoms with van der Waals surface area (Å²) in [4.78, 5) is 4.42. The fraction of sp³-hybridized carbons (Fsp3) is 0.545. The molecule has 1 heterocycles. The van der Waals surface area contributed by atoms with Crippen LogP contribution < -0.4 is 5.32 Å². The number of nitrogens with one attached hydrogen (secondary N) is 1. The maximum atomic E-state index is 4.42. The molecule has 0 amide bonds. The second-order valence-corrected chi connectivity index (χ2v) is 4.28. The Bertz CT molecular complexity index is 276. The maximum Gasteiger partial charge on any atom is 0.126 e. The molecule has 0 saturated carbocycles. The summed E-state index contributed by atoms with van der Waals surface area (Å²) >= 11 is 1.87. The Labute approximate surface area is 90.5 Å². The number of hydrogen-bond acceptors (Lipinski definition) is 3. The molecule has 0 bridgehead atoms. The second-order valence-electron chi connectivity index (χ2n) is 3.37. The molecule has 0 aliphatic heterocycles. The summed E-state index contributed by atoms with van der Waals surface area (Å²) in [5.41, 5.74) is 1.06. The molecule has 1 atom stereocenters. The molecule has 14 heavy (non-hydrogen) atoms. The molecule has 0 aromatic carbocycles. The van der Waals surface area contributed by atoms with Crippen LogP contribution in [0.4, 0.5) is 5.82 Å². The highest BCUT2D eigenvalue weighted by atomic mass is 32.2. The van der Waals surface area contributed by atoms with Crippen LogP contribution in [0.15, 0.2) is 18.2 Å². The van der Waals surface area contributed by atoms with Gasteiger partial charge in [-0.25, -0.2) is 4.98 Å². The number of nitrogens with zero attached hydrogens (tertiary/aromatic N) is 1. The fourth-order valence-electron chi connectivity index (χ4n) is 1.30. The van der Waals surface area contributed by atoms with E-state index < -0.39 is 0 Å². The lowest BCUT2D eigenvalue weighted by Crippen LogP contribution is -2.21. The van der Waals surface area contributed by atoms with Crippen molar-refractivity contribution in [3.63, 3.8) is 0 Å². The van der Waals surface area contributed by atoms with Gasteiger partial charge in [0, 0.05) is 17.5 Å². The van der Waals surface area contributed by atoms with E-state index in [1.165, 1.54) is 0 Å². The average Bonchev–Trinajstić information content (AvgIpc) is 2.17. The number of rotatable bonds is 5. The molecule has 0 aliphatic carbocycles. The van der Waals surface area contributed by atoms with Gasteiger partial charge in [0.05, 0.1) is 0 Å². The van der Waals surface area contributed by atoms with Crippen molar-refractivity contribution in [2.75, 3.05) is 17.3 Å². The third-order valence-corrected chi connectivity index (χ3v) is 2.84. The zero-order valence-electron chi connectivity index (χ0n) is 9.08. The summed E-state index contributed by atoms with van der Waals surface area (Å²) in [6.07, 6.45) is 3.27. The average molecular weight is 210 g/mol. The minimum Gasteiger partial charge on any atom is -0.367 e. The van der Waals surface area contributed by atoms with E-state index in [-0.39, 0.29) is 0 Å². The van der Waals surface area contributed by atoms with Crippen LogP contribution in [0.3, 0.4) is 0 Å². The van der Waals surface area contributed by atoms with Gasteiger partial charge in [-0.2, -0.15) is 11.8 Å². The fourth-order valence-corrected chi connectivity index (χ4v) is 2.02. The first-order valence-electron chi connectivity index (χ1n) is 4.95. The number of aromatic nitrogens is 1. The van der Waals surface area contributed by atoms with E-state index in [1.807, 2.05) is 36.9 Å². The smallest absolute Gasteiger partial charge is 0.126 e. The molecular weight excluding hydrogens is 192 g/mol. The zero-order valence-corrected chi connectivity index (χ0v) is 9.90. The molecule has 1 unspecified atom stereocenters. The summed E-state index contributed by atoms with van der Waals surface area (Å²) in [5, 5.41) is 3.44. The van der Waals surface area contributed by atoms with Crippen LogP contribution in [0, 0.1) is 6.92 Å². The van der Waals surface area contributed by atoms with Crippen LogP contribution in [0.5, 0.6) is 0 Å². The maximum absolute atomic E-state index is 4.42. The number of anilines is 1. The molecule has 1 aromatic rings. The molecule has 1 rings (SSSR count). The van der Waals surface area contributed by atoms with Crippen molar-refractivity contribution in [3.05, 3.63) is 23.9 Å². The molecule has 0 radical (unpaired) electrons. The summed E-state index contributed by atoms with van der Waals surface area (Å²) in [6, 6.07) is 6.60. The van der Waals surface area contributed by atoms with E-state index >= 15 is 0 Å². The molecule has 1 aromatic heterocycles. The molecule has 0 spiro atoms. The summed E-state index contributed by atoms with van der Waals surface area (Å²) < 4.78 is 0. The van der Waals surface area contributed by atoms with Gasteiger partial charge in [-0.1, -0.05) is 13.0 Å². The van der Waals surface area contributed by atoms with E-state index in [1.54, 1.807) is 0 Å². The van der Waals surface area contributed by atoms with Gasteiger partial charge >= 0.3 is 0 Å². The Morgan fingerprint density at radius 1 is 1.50 bits per heavy atom. The number of hydrogen-bond donors (Lipinski definition) is 1. The highest BCUT2D eigenvalue weighted by molar-refractivity contribution is 7.98. The van der Waals surface area contributed by atoms with E-state index in [0.717, 1.165) is 23.7 Å². The van der Waals surface area contributed by atoms with E-state index in [0.29, 0.717) is 6.04 Å². The number of thioether (sulfide) groups is 1. The zero-order chi connectivity index (χ0) is 10.4. The minimum atomic E-state index is 0.527. The van der Waals surface area contributed by atoms with Crippen molar-refractivity contribution in [3.8, 4) is 0 Å². The van der Waals surface area contributed by atoms with Gasteiger partial charge in [-0.3, -0.25) is 0 Å². The minimum absolute atomic E-state index is 0.527. The van der Waals surface area contributed by atoms with Crippen molar-refractivity contribution >= 4 is 17.6 Å². The van der Waals surface area contributed by atoms with Crippen molar-refractivity contribution in [2.24, 2.45) is 0 Å². The van der Waals surface area contributed by atoms with Crippen molar-refractivity contribution in [1.29, 1.82) is 0 Å². The Kier molecular flexibility index (Phi) is 4.80. The van der Waals surface area contributed by atoms with Crippen LogP contribution in [0.2, 0.25) is 0 Å². The molecule has 2 nitrogen and oxygen atoms in total. The van der Waals surface area contributed by atoms with Crippen molar-refractivity contribution in [2.45, 2.75) is 26.3 Å². The first-order chi connectivity index (χ1) is 6.76. The van der Waals surface area contributed by atoms with Gasteiger partial charge in [0.2, 0.25) is 0 Å². The molecule has 3 heteroatoms. The normalized spacial score (nSPS) is 12.5. The van der Waals surface area contributed by atoms with Crippen LogP contribution in [0.25, 0.3) is 0 Å². The van der Waals surface area contributed by atoms with Gasteiger partial charge in [0.1, 0.15) is 5.82 Å². The summed E-state index contributed by atoms with van der Waals surface area (Å²) in [7, 11) is 0. The summed E-state index contributed by atoms with van der Waals surface area (Å²) in [6.45, 7) is 4.21. The van der Waals surface area contributed by atoms with E-state index in [4.69, 9.17) is 0 Å². The van der Waals surface area contributed by atoms with Crippen LogP contribution in [0.1, 0.15) is 19.0 Å². The highest BCUT2D eigenvalue weighted by Gasteiger charge is 2.05. The van der Waals surface area contributed by atoms with E-state index in [2.05, 4.69) is 23.5 Å². The topological polar surface area (TPSA) is 24.9 Å². The predicted octanol–water partition coefficient (Wildman–Crippen LogP) is 2.94. The van der Waals surface area contributed by atoms with Gasteiger partial charge < -0.3 is 5.32 Å². The van der Waals surface area contributed by atoms with E-state index in [9.17, 15) is 0 Å². The number of pyridine rings is 1. The van der Waals surface area contributed by atoms with Gasteiger partial charge in [0.25, 0.3) is 0 Å². The highest BCUT2D eigenvalue weighted by Crippen LogP contribution is 2.10. The Balaban J connectivity index is 2.57. The first kappa shape index (κ1) is 11.4. The Morgan fingerprint density at radius 2 is 2.29 bits per heavy atom. The monoisotopic (exact) mass is 210 g/mol. The molecular formula is C11H18N2S. The van der Waals surface area contributed by atoms with Crippen molar-refractivity contribution < 1.29 is 0 Å². The molecule has 0 fully saturated rings. The van der Waals surface area contributed by atoms with Crippen molar-refractivity contribution in [1.82, 2.24) is 4.98 Å². The van der Waals surface area contributed by atoms with Gasteiger partial charge in [-0.05, 0) is 31.7 Å². The lowest BCUT2D eigenvalue weighted by Gasteiger charge is -2.16. The lowest BCUT2D eigenvalue weighted by atomic mass is 10.2. The lowest BCUT2D eigenvalue weighted by molar-refractivity contribution is 0.769. The molecule has 78 valence electrons. The number of aryl methyl sites for hydroxylation is 1. The largest absolute Gasteiger partial charge is 0.367 e.